The van der Waals surface area contributed by atoms with Gasteiger partial charge in [0.15, 0.2) is 0 Å². The topological polar surface area (TPSA) is 104 Å². The van der Waals surface area contributed by atoms with Crippen LogP contribution in [-0.4, -0.2) is 24.4 Å². The van der Waals surface area contributed by atoms with E-state index in [1.54, 1.807) is 12.1 Å². The zero-order chi connectivity index (χ0) is 11.3. The summed E-state index contributed by atoms with van der Waals surface area (Å²) in [7, 11) is 1.51. The number of nitrogens with two attached hydrogens (primary N) is 1. The van der Waals surface area contributed by atoms with Gasteiger partial charge in [-0.25, -0.2) is 5.43 Å². The van der Waals surface area contributed by atoms with E-state index in [4.69, 9.17) is 15.9 Å². The van der Waals surface area contributed by atoms with Crippen molar-refractivity contribution in [2.75, 3.05) is 7.11 Å². The fraction of sp³-hybridized carbons (Fsp3) is 0.111. The van der Waals surface area contributed by atoms with E-state index in [0.717, 1.165) is 0 Å². The van der Waals surface area contributed by atoms with E-state index < -0.39 is 0 Å². The van der Waals surface area contributed by atoms with Gasteiger partial charge in [-0.3, -0.25) is 5.41 Å². The Morgan fingerprint density at radius 2 is 2.40 bits per heavy atom. The number of nitrogens with zero attached hydrogens (tertiary/aromatic N) is 1. The van der Waals surface area contributed by atoms with E-state index in [1.165, 1.54) is 19.4 Å². The minimum atomic E-state index is -0.265. The van der Waals surface area contributed by atoms with Crippen LogP contribution in [0.25, 0.3) is 0 Å². The predicted molar refractivity (Wildman–Crippen MR) is 57.3 cm³/mol. The van der Waals surface area contributed by atoms with Crippen molar-refractivity contribution in [2.24, 2.45) is 10.8 Å². The molecule has 1 rings (SSSR count). The SMILES string of the molecule is COc1ccc(C=NNC(=N)N)c(O)c1. The van der Waals surface area contributed by atoms with Gasteiger partial charge in [0, 0.05) is 11.6 Å². The number of hydrogen-bond donors (Lipinski definition) is 4. The van der Waals surface area contributed by atoms with E-state index in [1.807, 2.05) is 0 Å². The molecule has 0 unspecified atom stereocenters. The molecule has 1 aromatic rings. The number of phenolic OH excluding ortho intramolecular Hbond substituents is 1. The summed E-state index contributed by atoms with van der Waals surface area (Å²) in [6.07, 6.45) is 1.36. The van der Waals surface area contributed by atoms with E-state index in [0.29, 0.717) is 11.3 Å². The number of hydrazone groups is 1. The molecule has 5 N–H and O–H groups in total. The van der Waals surface area contributed by atoms with Crippen molar-refractivity contribution in [3.8, 4) is 11.5 Å². The van der Waals surface area contributed by atoms with Gasteiger partial charge in [-0.15, -0.1) is 0 Å². The summed E-state index contributed by atoms with van der Waals surface area (Å²) in [4.78, 5) is 0. The average Bonchev–Trinajstić information content (AvgIpc) is 2.20. The third-order valence-electron chi connectivity index (χ3n) is 1.63. The Labute approximate surface area is 86.9 Å². The van der Waals surface area contributed by atoms with Gasteiger partial charge >= 0.3 is 0 Å². The molecule has 0 heterocycles. The van der Waals surface area contributed by atoms with Crippen molar-refractivity contribution < 1.29 is 9.84 Å². The molecule has 0 saturated heterocycles. The second-order valence-electron chi connectivity index (χ2n) is 2.71. The van der Waals surface area contributed by atoms with Crippen LogP contribution >= 0.6 is 0 Å². The van der Waals surface area contributed by atoms with Crippen molar-refractivity contribution in [3.63, 3.8) is 0 Å². The molecule has 0 amide bonds. The van der Waals surface area contributed by atoms with Gasteiger partial charge in [-0.05, 0) is 12.1 Å². The first kappa shape index (κ1) is 10.8. The molecule has 0 bridgehead atoms. The molecule has 6 nitrogen and oxygen atoms in total. The molecule has 6 heteroatoms. The van der Waals surface area contributed by atoms with Crippen LogP contribution < -0.4 is 15.9 Å². The molecule has 0 atom stereocenters. The molecule has 0 aliphatic rings. The summed E-state index contributed by atoms with van der Waals surface area (Å²) in [5.41, 5.74) is 7.76. The van der Waals surface area contributed by atoms with Crippen molar-refractivity contribution in [1.82, 2.24) is 5.43 Å². The molecule has 0 fully saturated rings. The maximum Gasteiger partial charge on any atom is 0.206 e. The minimum Gasteiger partial charge on any atom is -0.507 e. The molecule has 80 valence electrons. The van der Waals surface area contributed by atoms with Crippen LogP contribution in [0.3, 0.4) is 0 Å². The quantitative estimate of drug-likeness (QED) is 0.324. The molecule has 0 aliphatic carbocycles. The van der Waals surface area contributed by atoms with E-state index in [-0.39, 0.29) is 11.7 Å². The van der Waals surface area contributed by atoms with E-state index in [2.05, 4.69) is 10.5 Å². The number of benzene rings is 1. The Morgan fingerprint density at radius 3 is 2.93 bits per heavy atom. The Kier molecular flexibility index (Phi) is 3.50. The van der Waals surface area contributed by atoms with Crippen LogP contribution in [0.15, 0.2) is 23.3 Å². The lowest BCUT2D eigenvalue weighted by atomic mass is 10.2. The number of nitrogens with one attached hydrogen (secondary N) is 2. The Balaban J connectivity index is 2.78. The van der Waals surface area contributed by atoms with Gasteiger partial charge in [-0.2, -0.15) is 5.10 Å². The van der Waals surface area contributed by atoms with Crippen LogP contribution in [-0.2, 0) is 0 Å². The largest absolute Gasteiger partial charge is 0.507 e. The van der Waals surface area contributed by atoms with Gasteiger partial charge in [0.1, 0.15) is 11.5 Å². The standard InChI is InChI=1S/C9H12N4O2/c1-15-7-3-2-6(8(14)4-7)5-12-13-9(10)11/h2-5,14H,1H3,(H4,10,11,13). The number of hydrogen-bond acceptors (Lipinski definition) is 4. The van der Waals surface area contributed by atoms with Crippen LogP contribution in [0.4, 0.5) is 0 Å². The summed E-state index contributed by atoms with van der Waals surface area (Å²) < 4.78 is 4.92. The molecule has 15 heavy (non-hydrogen) atoms. The van der Waals surface area contributed by atoms with Crippen LogP contribution in [0.1, 0.15) is 5.56 Å². The molecule has 0 aliphatic heterocycles. The molecule has 0 saturated carbocycles. The summed E-state index contributed by atoms with van der Waals surface area (Å²) in [6.45, 7) is 0. The monoisotopic (exact) mass is 208 g/mol. The lowest BCUT2D eigenvalue weighted by molar-refractivity contribution is 0.407. The fourth-order valence-electron chi connectivity index (χ4n) is 0.931. The first-order chi connectivity index (χ1) is 7.13. The summed E-state index contributed by atoms with van der Waals surface area (Å²) in [5.74, 6) is 0.340. The number of ether oxygens (including phenoxy) is 1. The van der Waals surface area contributed by atoms with Gasteiger partial charge < -0.3 is 15.6 Å². The maximum atomic E-state index is 9.50. The fourth-order valence-corrected chi connectivity index (χ4v) is 0.931. The smallest absolute Gasteiger partial charge is 0.206 e. The summed E-state index contributed by atoms with van der Waals surface area (Å²) >= 11 is 0. The molecule has 0 radical (unpaired) electrons. The highest BCUT2D eigenvalue weighted by molar-refractivity contribution is 5.85. The molecular weight excluding hydrogens is 196 g/mol. The van der Waals surface area contributed by atoms with Crippen molar-refractivity contribution in [2.45, 2.75) is 0 Å². The molecule has 0 spiro atoms. The van der Waals surface area contributed by atoms with Gasteiger partial charge in [-0.1, -0.05) is 0 Å². The second-order valence-corrected chi connectivity index (χ2v) is 2.71. The van der Waals surface area contributed by atoms with Gasteiger partial charge in [0.05, 0.1) is 13.3 Å². The first-order valence-electron chi connectivity index (χ1n) is 4.13. The first-order valence-corrected chi connectivity index (χ1v) is 4.13. The van der Waals surface area contributed by atoms with Crippen LogP contribution in [0.2, 0.25) is 0 Å². The highest BCUT2D eigenvalue weighted by Gasteiger charge is 1.99. The highest BCUT2D eigenvalue weighted by Crippen LogP contribution is 2.21. The molecule has 1 aromatic carbocycles. The Hall–Kier alpha value is -2.24. The van der Waals surface area contributed by atoms with Gasteiger partial charge in [0.25, 0.3) is 0 Å². The number of guanidine groups is 1. The lowest BCUT2D eigenvalue weighted by Crippen LogP contribution is -2.25. The van der Waals surface area contributed by atoms with Gasteiger partial charge in [0.2, 0.25) is 5.96 Å². The lowest BCUT2D eigenvalue weighted by Gasteiger charge is -2.02. The average molecular weight is 208 g/mol. The third-order valence-corrected chi connectivity index (χ3v) is 1.63. The maximum absolute atomic E-state index is 9.50. The van der Waals surface area contributed by atoms with Crippen LogP contribution in [0, 0.1) is 5.41 Å². The van der Waals surface area contributed by atoms with Crippen molar-refractivity contribution >= 4 is 12.2 Å². The van der Waals surface area contributed by atoms with Crippen molar-refractivity contribution in [1.29, 1.82) is 5.41 Å². The zero-order valence-corrected chi connectivity index (χ0v) is 8.19. The number of aromatic hydroxyl groups is 1. The highest BCUT2D eigenvalue weighted by atomic mass is 16.5. The normalized spacial score (nSPS) is 10.2. The third kappa shape index (κ3) is 3.18. The van der Waals surface area contributed by atoms with E-state index in [9.17, 15) is 5.11 Å². The Morgan fingerprint density at radius 1 is 1.67 bits per heavy atom. The number of methoxy groups -OCH3 is 1. The Bertz CT molecular complexity index is 390. The second kappa shape index (κ2) is 4.85. The minimum absolute atomic E-state index is 0.0449. The summed E-state index contributed by atoms with van der Waals surface area (Å²) in [5, 5.41) is 20.0. The summed E-state index contributed by atoms with van der Waals surface area (Å²) in [6, 6.07) is 4.80. The molecule has 0 aromatic heterocycles. The number of phenols is 1. The molecular formula is C9H12N4O2. The predicted octanol–water partition coefficient (Wildman–Crippen LogP) is 0.218. The zero-order valence-electron chi connectivity index (χ0n) is 8.19. The number of rotatable bonds is 3. The van der Waals surface area contributed by atoms with Crippen LogP contribution in [0.5, 0.6) is 11.5 Å². The van der Waals surface area contributed by atoms with Crippen molar-refractivity contribution in [3.05, 3.63) is 23.8 Å². The van der Waals surface area contributed by atoms with E-state index >= 15 is 0 Å².